The van der Waals surface area contributed by atoms with E-state index in [4.69, 9.17) is 4.74 Å². The molecule has 1 aliphatic heterocycles. The summed E-state index contributed by atoms with van der Waals surface area (Å²) in [7, 11) is 1.37. The fraction of sp³-hybridized carbons (Fsp3) is 0.462. The normalized spacial score (nSPS) is 16.1. The number of nitrogens with zero attached hydrogens (tertiary/aromatic N) is 4. The maximum atomic E-state index is 11.7. The van der Waals surface area contributed by atoms with E-state index in [1.807, 2.05) is 0 Å². The van der Waals surface area contributed by atoms with Gasteiger partial charge < -0.3 is 4.74 Å². The van der Waals surface area contributed by atoms with Crippen molar-refractivity contribution in [2.24, 2.45) is 0 Å². The van der Waals surface area contributed by atoms with Crippen molar-refractivity contribution >= 4 is 11.6 Å². The van der Waals surface area contributed by atoms with Crippen LogP contribution >= 0.6 is 0 Å². The number of rotatable bonds is 3. The first-order chi connectivity index (χ1) is 9.28. The minimum Gasteiger partial charge on any atom is -0.465 e. The summed E-state index contributed by atoms with van der Waals surface area (Å²) in [5, 5.41) is 4.41. The molecular formula is C13H16N4O2. The van der Waals surface area contributed by atoms with E-state index in [9.17, 15) is 4.79 Å². The van der Waals surface area contributed by atoms with Crippen molar-refractivity contribution in [3.05, 3.63) is 29.7 Å². The molecule has 0 saturated carbocycles. The smallest absolute Gasteiger partial charge is 0.341 e. The number of hydrogen-bond acceptors (Lipinski definition) is 5. The number of carbonyl (C=O) groups is 1. The number of ether oxygens (including phenoxy) is 1. The summed E-state index contributed by atoms with van der Waals surface area (Å²) < 4.78 is 6.39. The third-order valence-corrected chi connectivity index (χ3v) is 3.38. The van der Waals surface area contributed by atoms with E-state index in [0.717, 1.165) is 25.5 Å². The van der Waals surface area contributed by atoms with Gasteiger partial charge >= 0.3 is 5.97 Å². The zero-order chi connectivity index (χ0) is 13.2. The Morgan fingerprint density at radius 1 is 1.42 bits per heavy atom. The SMILES string of the molecule is COC(=O)c1cccn2nc(CN3CCCC3)nc12. The molecule has 0 amide bonds. The van der Waals surface area contributed by atoms with Crippen LogP contribution in [0, 0.1) is 0 Å². The van der Waals surface area contributed by atoms with Gasteiger partial charge in [0.25, 0.3) is 0 Å². The molecule has 0 aliphatic carbocycles. The van der Waals surface area contributed by atoms with Crippen molar-refractivity contribution in [2.75, 3.05) is 20.2 Å². The average molecular weight is 260 g/mol. The molecule has 0 atom stereocenters. The van der Waals surface area contributed by atoms with E-state index in [-0.39, 0.29) is 5.97 Å². The lowest BCUT2D eigenvalue weighted by atomic mass is 10.3. The van der Waals surface area contributed by atoms with Gasteiger partial charge in [-0.15, -0.1) is 5.10 Å². The zero-order valence-corrected chi connectivity index (χ0v) is 10.9. The van der Waals surface area contributed by atoms with Gasteiger partial charge in [-0.3, -0.25) is 4.90 Å². The first kappa shape index (κ1) is 12.1. The van der Waals surface area contributed by atoms with Crippen LogP contribution in [-0.2, 0) is 11.3 Å². The molecule has 2 aromatic heterocycles. The standard InChI is InChI=1S/C13H16N4O2/c1-19-13(18)10-5-4-8-17-12(10)14-11(15-17)9-16-6-2-3-7-16/h4-5,8H,2-3,6-7,9H2,1H3. The van der Waals surface area contributed by atoms with E-state index < -0.39 is 0 Å². The maximum absolute atomic E-state index is 11.7. The summed E-state index contributed by atoms with van der Waals surface area (Å²) in [6, 6.07) is 3.48. The molecule has 6 nitrogen and oxygen atoms in total. The fourth-order valence-corrected chi connectivity index (χ4v) is 2.43. The molecule has 19 heavy (non-hydrogen) atoms. The third-order valence-electron chi connectivity index (χ3n) is 3.38. The molecule has 3 heterocycles. The highest BCUT2D eigenvalue weighted by atomic mass is 16.5. The lowest BCUT2D eigenvalue weighted by molar-refractivity contribution is 0.0602. The van der Waals surface area contributed by atoms with Gasteiger partial charge in [0.15, 0.2) is 11.5 Å². The quantitative estimate of drug-likeness (QED) is 0.774. The molecule has 2 aromatic rings. The van der Waals surface area contributed by atoms with Gasteiger partial charge in [0.2, 0.25) is 0 Å². The largest absolute Gasteiger partial charge is 0.465 e. The van der Waals surface area contributed by atoms with Gasteiger partial charge in [-0.25, -0.2) is 14.3 Å². The van der Waals surface area contributed by atoms with Crippen LogP contribution in [0.2, 0.25) is 0 Å². The molecule has 100 valence electrons. The predicted molar refractivity (Wildman–Crippen MR) is 68.8 cm³/mol. The van der Waals surface area contributed by atoms with Crippen molar-refractivity contribution in [3.63, 3.8) is 0 Å². The van der Waals surface area contributed by atoms with Crippen LogP contribution < -0.4 is 0 Å². The van der Waals surface area contributed by atoms with Crippen LogP contribution in [0.1, 0.15) is 29.0 Å². The number of fused-ring (bicyclic) bond motifs is 1. The highest BCUT2D eigenvalue weighted by Gasteiger charge is 2.17. The van der Waals surface area contributed by atoms with E-state index in [0.29, 0.717) is 11.2 Å². The molecule has 1 saturated heterocycles. The van der Waals surface area contributed by atoms with Gasteiger partial charge in [-0.05, 0) is 38.1 Å². The number of carbonyl (C=O) groups excluding carboxylic acids is 1. The number of pyridine rings is 1. The minimum absolute atomic E-state index is 0.384. The summed E-state index contributed by atoms with van der Waals surface area (Å²) in [5.41, 5.74) is 1.01. The van der Waals surface area contributed by atoms with E-state index in [2.05, 4.69) is 15.0 Å². The number of esters is 1. The van der Waals surface area contributed by atoms with E-state index in [1.54, 1.807) is 22.8 Å². The molecule has 0 bridgehead atoms. The summed E-state index contributed by atoms with van der Waals surface area (Å²) in [4.78, 5) is 18.4. The molecule has 0 N–H and O–H groups in total. The second-order valence-electron chi connectivity index (χ2n) is 4.69. The van der Waals surface area contributed by atoms with Crippen LogP contribution in [0.5, 0.6) is 0 Å². The van der Waals surface area contributed by atoms with Gasteiger partial charge in [-0.1, -0.05) is 0 Å². The molecule has 3 rings (SSSR count). The molecule has 6 heteroatoms. The average Bonchev–Trinajstić information content (AvgIpc) is 3.06. The summed E-state index contributed by atoms with van der Waals surface area (Å²) in [6.07, 6.45) is 4.27. The van der Waals surface area contributed by atoms with Crippen molar-refractivity contribution < 1.29 is 9.53 Å². The molecule has 0 spiro atoms. The van der Waals surface area contributed by atoms with Crippen molar-refractivity contribution in [2.45, 2.75) is 19.4 Å². The Hall–Kier alpha value is -1.95. The second-order valence-corrected chi connectivity index (χ2v) is 4.69. The van der Waals surface area contributed by atoms with Crippen LogP contribution in [-0.4, -0.2) is 45.7 Å². The zero-order valence-electron chi connectivity index (χ0n) is 10.9. The third kappa shape index (κ3) is 2.31. The Labute approximate surface area is 111 Å². The Balaban J connectivity index is 1.93. The van der Waals surface area contributed by atoms with Crippen molar-refractivity contribution in [1.82, 2.24) is 19.5 Å². The molecule has 1 aliphatic rings. The van der Waals surface area contributed by atoms with E-state index in [1.165, 1.54) is 20.0 Å². The monoisotopic (exact) mass is 260 g/mol. The van der Waals surface area contributed by atoms with Crippen LogP contribution in [0.15, 0.2) is 18.3 Å². The Bertz CT molecular complexity index is 602. The lowest BCUT2D eigenvalue weighted by Crippen LogP contribution is -2.19. The highest BCUT2D eigenvalue weighted by molar-refractivity contribution is 5.95. The molecule has 0 aromatic carbocycles. The predicted octanol–water partition coefficient (Wildman–Crippen LogP) is 1.11. The molecular weight excluding hydrogens is 244 g/mol. The topological polar surface area (TPSA) is 59.7 Å². The Morgan fingerprint density at radius 2 is 2.21 bits per heavy atom. The first-order valence-electron chi connectivity index (χ1n) is 6.43. The lowest BCUT2D eigenvalue weighted by Gasteiger charge is -2.10. The maximum Gasteiger partial charge on any atom is 0.341 e. The van der Waals surface area contributed by atoms with E-state index >= 15 is 0 Å². The highest BCUT2D eigenvalue weighted by Crippen LogP contribution is 2.14. The fourth-order valence-electron chi connectivity index (χ4n) is 2.43. The van der Waals surface area contributed by atoms with Crippen molar-refractivity contribution in [1.29, 1.82) is 0 Å². The van der Waals surface area contributed by atoms with Crippen LogP contribution in [0.3, 0.4) is 0 Å². The molecule has 0 unspecified atom stereocenters. The molecule has 1 fully saturated rings. The van der Waals surface area contributed by atoms with Gasteiger partial charge in [-0.2, -0.15) is 0 Å². The van der Waals surface area contributed by atoms with Crippen LogP contribution in [0.25, 0.3) is 5.65 Å². The number of likely N-dealkylation sites (tertiary alicyclic amines) is 1. The summed E-state index contributed by atoms with van der Waals surface area (Å²) in [5.74, 6) is 0.365. The number of methoxy groups -OCH3 is 1. The second kappa shape index (κ2) is 4.97. The number of aromatic nitrogens is 3. The van der Waals surface area contributed by atoms with Gasteiger partial charge in [0.05, 0.1) is 13.7 Å². The Morgan fingerprint density at radius 3 is 2.95 bits per heavy atom. The summed E-state index contributed by atoms with van der Waals surface area (Å²) >= 11 is 0. The minimum atomic E-state index is -0.384. The number of hydrogen-bond donors (Lipinski definition) is 0. The first-order valence-corrected chi connectivity index (χ1v) is 6.43. The Kier molecular flexibility index (Phi) is 3.16. The molecule has 0 radical (unpaired) electrons. The van der Waals surface area contributed by atoms with Crippen LogP contribution in [0.4, 0.5) is 0 Å². The summed E-state index contributed by atoms with van der Waals surface area (Å²) in [6.45, 7) is 2.93. The van der Waals surface area contributed by atoms with Crippen molar-refractivity contribution in [3.8, 4) is 0 Å². The van der Waals surface area contributed by atoms with Gasteiger partial charge in [0.1, 0.15) is 5.56 Å². The van der Waals surface area contributed by atoms with Gasteiger partial charge in [0, 0.05) is 6.20 Å².